The summed E-state index contributed by atoms with van der Waals surface area (Å²) in [5, 5.41) is 11.0. The molecule has 0 unspecified atom stereocenters. The highest BCUT2D eigenvalue weighted by molar-refractivity contribution is 9.10. The lowest BCUT2D eigenvalue weighted by Gasteiger charge is -2.25. The molecular weight excluding hydrogens is 446 g/mol. The van der Waals surface area contributed by atoms with Crippen LogP contribution < -0.4 is 9.64 Å². The summed E-state index contributed by atoms with van der Waals surface area (Å²) < 4.78 is 6.01. The lowest BCUT2D eigenvalue weighted by atomic mass is 9.95. The fourth-order valence-corrected chi connectivity index (χ4v) is 3.97. The minimum atomic E-state index is -0.773. The van der Waals surface area contributed by atoms with Gasteiger partial charge in [0.15, 0.2) is 0 Å². The van der Waals surface area contributed by atoms with E-state index >= 15 is 0 Å². The maximum atomic E-state index is 13.1. The van der Waals surface area contributed by atoms with Crippen LogP contribution in [0.1, 0.15) is 17.2 Å². The van der Waals surface area contributed by atoms with Gasteiger partial charge in [0.2, 0.25) is 0 Å². The van der Waals surface area contributed by atoms with Gasteiger partial charge in [-0.15, -0.1) is 0 Å². The van der Waals surface area contributed by atoms with Gasteiger partial charge in [-0.1, -0.05) is 64.5 Å². The number of anilines is 1. The standard InChI is InChI=1S/C24H18BrNO4/c1-30-19-12-10-15(11-13-19)21-20(22(27)16-6-3-2-4-7-16)23(28)24(29)26(21)18-9-5-8-17(25)14-18/h2-14,21,27H,1H3/b22-20+/t21-/m1/s1. The Labute approximate surface area is 182 Å². The molecule has 0 radical (unpaired) electrons. The van der Waals surface area contributed by atoms with Gasteiger partial charge in [0.1, 0.15) is 11.5 Å². The van der Waals surface area contributed by atoms with Crippen molar-refractivity contribution in [2.24, 2.45) is 0 Å². The maximum absolute atomic E-state index is 13.1. The van der Waals surface area contributed by atoms with Crippen LogP contribution in [0.3, 0.4) is 0 Å². The lowest BCUT2D eigenvalue weighted by molar-refractivity contribution is -0.132. The predicted molar refractivity (Wildman–Crippen MR) is 118 cm³/mol. The van der Waals surface area contributed by atoms with E-state index in [0.717, 1.165) is 4.47 Å². The average molecular weight is 464 g/mol. The van der Waals surface area contributed by atoms with Crippen molar-refractivity contribution >= 4 is 39.1 Å². The first-order valence-corrected chi connectivity index (χ1v) is 10.1. The maximum Gasteiger partial charge on any atom is 0.300 e. The first kappa shape index (κ1) is 19.9. The Hall–Kier alpha value is -3.38. The van der Waals surface area contributed by atoms with Crippen molar-refractivity contribution in [3.8, 4) is 5.75 Å². The van der Waals surface area contributed by atoms with Gasteiger partial charge in [-0.25, -0.2) is 0 Å². The second-order valence-electron chi connectivity index (χ2n) is 6.79. The number of carbonyl (C=O) groups is 2. The molecule has 1 saturated heterocycles. The molecule has 1 amide bonds. The normalized spacial score (nSPS) is 17.9. The number of halogens is 1. The summed E-state index contributed by atoms with van der Waals surface area (Å²) in [6, 6.07) is 22.2. The van der Waals surface area contributed by atoms with Crippen LogP contribution in [0.25, 0.3) is 5.76 Å². The van der Waals surface area contributed by atoms with Crippen LogP contribution in [0, 0.1) is 0 Å². The molecule has 0 bridgehead atoms. The zero-order valence-electron chi connectivity index (χ0n) is 16.1. The molecule has 1 N–H and O–H groups in total. The van der Waals surface area contributed by atoms with Gasteiger partial charge < -0.3 is 9.84 Å². The molecule has 1 heterocycles. The van der Waals surface area contributed by atoms with E-state index < -0.39 is 17.7 Å². The summed E-state index contributed by atoms with van der Waals surface area (Å²) in [7, 11) is 1.57. The van der Waals surface area contributed by atoms with E-state index in [2.05, 4.69) is 15.9 Å². The van der Waals surface area contributed by atoms with Crippen molar-refractivity contribution in [3.05, 3.63) is 100 Å². The zero-order chi connectivity index (χ0) is 21.3. The Kier molecular flexibility index (Phi) is 5.42. The SMILES string of the molecule is COc1ccc([C@@H]2/C(=C(\O)c3ccccc3)C(=O)C(=O)N2c2cccc(Br)c2)cc1. The Morgan fingerprint density at radius 1 is 0.967 bits per heavy atom. The molecule has 0 spiro atoms. The molecule has 30 heavy (non-hydrogen) atoms. The zero-order valence-corrected chi connectivity index (χ0v) is 17.7. The number of carbonyl (C=O) groups excluding carboxylic acids is 2. The minimum absolute atomic E-state index is 0.0522. The van der Waals surface area contributed by atoms with Crippen molar-refractivity contribution < 1.29 is 19.4 Å². The molecule has 150 valence electrons. The van der Waals surface area contributed by atoms with Gasteiger partial charge in [0.05, 0.1) is 18.7 Å². The van der Waals surface area contributed by atoms with Gasteiger partial charge >= 0.3 is 0 Å². The number of hydrogen-bond acceptors (Lipinski definition) is 4. The highest BCUT2D eigenvalue weighted by Crippen LogP contribution is 2.42. The lowest BCUT2D eigenvalue weighted by Crippen LogP contribution is -2.29. The van der Waals surface area contributed by atoms with E-state index in [1.807, 2.05) is 12.1 Å². The van der Waals surface area contributed by atoms with Crippen molar-refractivity contribution in [1.82, 2.24) is 0 Å². The van der Waals surface area contributed by atoms with E-state index in [-0.39, 0.29) is 11.3 Å². The van der Waals surface area contributed by atoms with Crippen LogP contribution in [0.4, 0.5) is 5.69 Å². The molecule has 5 nitrogen and oxygen atoms in total. The highest BCUT2D eigenvalue weighted by Gasteiger charge is 2.47. The summed E-state index contributed by atoms with van der Waals surface area (Å²) in [6.07, 6.45) is 0. The van der Waals surface area contributed by atoms with Crippen LogP contribution in [0.5, 0.6) is 5.75 Å². The third kappa shape index (κ3) is 3.50. The molecule has 0 saturated carbocycles. The smallest absolute Gasteiger partial charge is 0.300 e. The number of Topliss-reactive ketones (excluding diaryl/α,β-unsaturated/α-hetero) is 1. The van der Waals surface area contributed by atoms with Crippen LogP contribution in [0.2, 0.25) is 0 Å². The Morgan fingerprint density at radius 2 is 1.67 bits per heavy atom. The van der Waals surface area contributed by atoms with E-state index in [9.17, 15) is 14.7 Å². The van der Waals surface area contributed by atoms with Gasteiger partial charge in [-0.3, -0.25) is 14.5 Å². The summed E-state index contributed by atoms with van der Waals surface area (Å²) in [6.45, 7) is 0. The second-order valence-corrected chi connectivity index (χ2v) is 7.70. The number of rotatable bonds is 4. The van der Waals surface area contributed by atoms with Gasteiger partial charge in [0, 0.05) is 15.7 Å². The Morgan fingerprint density at radius 3 is 2.30 bits per heavy atom. The van der Waals surface area contributed by atoms with Crippen LogP contribution in [-0.4, -0.2) is 23.9 Å². The van der Waals surface area contributed by atoms with E-state index in [1.54, 1.807) is 73.8 Å². The number of methoxy groups -OCH3 is 1. The minimum Gasteiger partial charge on any atom is -0.507 e. The molecule has 0 aromatic heterocycles. The molecule has 3 aromatic rings. The molecular formula is C24H18BrNO4. The molecule has 1 aliphatic rings. The Bertz CT molecular complexity index is 1140. The first-order chi connectivity index (χ1) is 14.5. The summed E-state index contributed by atoms with van der Waals surface area (Å²) >= 11 is 3.42. The molecule has 6 heteroatoms. The van der Waals surface area contributed by atoms with E-state index in [1.165, 1.54) is 4.90 Å². The van der Waals surface area contributed by atoms with Crippen molar-refractivity contribution in [2.45, 2.75) is 6.04 Å². The molecule has 1 fully saturated rings. The fourth-order valence-electron chi connectivity index (χ4n) is 3.58. The number of aliphatic hydroxyl groups is 1. The van der Waals surface area contributed by atoms with Gasteiger partial charge in [-0.05, 0) is 35.9 Å². The monoisotopic (exact) mass is 463 g/mol. The quantitative estimate of drug-likeness (QED) is 0.332. The van der Waals surface area contributed by atoms with Crippen LogP contribution >= 0.6 is 15.9 Å². The number of aliphatic hydroxyl groups excluding tert-OH is 1. The van der Waals surface area contributed by atoms with Crippen LogP contribution in [-0.2, 0) is 9.59 Å². The molecule has 1 atom stereocenters. The second kappa shape index (κ2) is 8.16. The number of hydrogen-bond donors (Lipinski definition) is 1. The first-order valence-electron chi connectivity index (χ1n) is 9.27. The predicted octanol–water partition coefficient (Wildman–Crippen LogP) is 5.08. The molecule has 1 aliphatic heterocycles. The molecule has 0 aliphatic carbocycles. The number of benzene rings is 3. The van der Waals surface area contributed by atoms with Gasteiger partial charge in [-0.2, -0.15) is 0 Å². The number of ether oxygens (including phenoxy) is 1. The molecule has 4 rings (SSSR count). The summed E-state index contributed by atoms with van der Waals surface area (Å²) in [5.74, 6) is -0.961. The number of nitrogens with zero attached hydrogens (tertiary/aromatic N) is 1. The summed E-state index contributed by atoms with van der Waals surface area (Å²) in [5.41, 5.74) is 1.77. The van der Waals surface area contributed by atoms with E-state index in [4.69, 9.17) is 4.74 Å². The van der Waals surface area contributed by atoms with Crippen molar-refractivity contribution in [3.63, 3.8) is 0 Å². The Balaban J connectivity index is 1.94. The summed E-state index contributed by atoms with van der Waals surface area (Å²) in [4.78, 5) is 27.5. The third-order valence-electron chi connectivity index (χ3n) is 5.01. The van der Waals surface area contributed by atoms with Crippen molar-refractivity contribution in [1.29, 1.82) is 0 Å². The van der Waals surface area contributed by atoms with Crippen LogP contribution in [0.15, 0.2) is 88.9 Å². The highest BCUT2D eigenvalue weighted by atomic mass is 79.9. The number of amides is 1. The van der Waals surface area contributed by atoms with E-state index in [0.29, 0.717) is 22.6 Å². The topological polar surface area (TPSA) is 66.8 Å². The molecule has 3 aromatic carbocycles. The largest absolute Gasteiger partial charge is 0.507 e. The van der Waals surface area contributed by atoms with Gasteiger partial charge in [0.25, 0.3) is 11.7 Å². The third-order valence-corrected chi connectivity index (χ3v) is 5.50. The average Bonchev–Trinajstić information content (AvgIpc) is 3.04. The fraction of sp³-hybridized carbons (Fsp3) is 0.0833. The van der Waals surface area contributed by atoms with Crippen molar-refractivity contribution in [2.75, 3.05) is 12.0 Å². The number of ketones is 1.